The van der Waals surface area contributed by atoms with Crippen LogP contribution in [-0.4, -0.2) is 24.2 Å². The summed E-state index contributed by atoms with van der Waals surface area (Å²) in [6, 6.07) is 0. The Labute approximate surface area is 104 Å². The van der Waals surface area contributed by atoms with E-state index in [0.29, 0.717) is 6.54 Å². The normalized spacial score (nSPS) is 25.9. The van der Waals surface area contributed by atoms with Crippen LogP contribution >= 0.6 is 0 Å². The van der Waals surface area contributed by atoms with Gasteiger partial charge in [0.05, 0.1) is 0 Å². The molecule has 0 heterocycles. The molecule has 0 saturated heterocycles. The summed E-state index contributed by atoms with van der Waals surface area (Å²) in [6.07, 6.45) is 7.99. The molecule has 0 aromatic rings. The molecule has 3 heteroatoms. The van der Waals surface area contributed by atoms with Gasteiger partial charge in [0.25, 0.3) is 0 Å². The van der Waals surface area contributed by atoms with E-state index in [2.05, 4.69) is 12.2 Å². The zero-order valence-electron chi connectivity index (χ0n) is 11.0. The maximum absolute atomic E-state index is 10.4. The van der Waals surface area contributed by atoms with Gasteiger partial charge in [0, 0.05) is 12.6 Å². The summed E-state index contributed by atoms with van der Waals surface area (Å²) >= 11 is 0. The van der Waals surface area contributed by atoms with Crippen LogP contribution in [0.3, 0.4) is 0 Å². The minimum atomic E-state index is -0.854. The average Bonchev–Trinajstić information content (AvgIpc) is 2.29. The third kappa shape index (κ3) is 5.87. The molecule has 0 radical (unpaired) electrons. The fourth-order valence-corrected chi connectivity index (χ4v) is 2.58. The van der Waals surface area contributed by atoms with Crippen LogP contribution in [0.5, 0.6) is 0 Å². The Hall–Kier alpha value is -0.830. The van der Waals surface area contributed by atoms with E-state index in [0.717, 1.165) is 24.0 Å². The highest BCUT2D eigenvalue weighted by Gasteiger charge is 2.19. The third-order valence-corrected chi connectivity index (χ3v) is 3.75. The lowest BCUT2D eigenvalue weighted by Gasteiger charge is -2.27. The van der Waals surface area contributed by atoms with E-state index in [-0.39, 0.29) is 0 Å². The average molecular weight is 239 g/mol. The van der Waals surface area contributed by atoms with Crippen molar-refractivity contribution in [1.29, 1.82) is 0 Å². The Morgan fingerprint density at radius 3 is 2.41 bits per heavy atom. The molecule has 3 nitrogen and oxygen atoms in total. The first-order chi connectivity index (χ1) is 8.11. The molecule has 0 atom stereocenters. The van der Waals surface area contributed by atoms with Gasteiger partial charge < -0.3 is 10.4 Å². The number of carboxylic acids is 1. The number of hydrogen-bond donors (Lipinski definition) is 2. The Bertz CT molecular complexity index is 265. The zero-order valence-corrected chi connectivity index (χ0v) is 11.0. The first kappa shape index (κ1) is 14.2. The van der Waals surface area contributed by atoms with Gasteiger partial charge >= 0.3 is 5.97 Å². The molecular formula is C14H25NO2. The number of nitrogens with one attached hydrogen (secondary N) is 1. The van der Waals surface area contributed by atoms with E-state index in [1.165, 1.54) is 38.2 Å². The van der Waals surface area contributed by atoms with Gasteiger partial charge in [-0.1, -0.05) is 31.8 Å². The summed E-state index contributed by atoms with van der Waals surface area (Å²) in [7, 11) is 0. The van der Waals surface area contributed by atoms with Crippen LogP contribution in [0.15, 0.2) is 11.6 Å². The maximum atomic E-state index is 10.4. The van der Waals surface area contributed by atoms with Gasteiger partial charge in [-0.05, 0) is 38.1 Å². The van der Waals surface area contributed by atoms with Crippen molar-refractivity contribution in [3.05, 3.63) is 11.6 Å². The maximum Gasteiger partial charge on any atom is 0.328 e. The molecule has 1 fully saturated rings. The second-order valence-corrected chi connectivity index (χ2v) is 5.25. The third-order valence-electron chi connectivity index (χ3n) is 3.75. The van der Waals surface area contributed by atoms with Crippen molar-refractivity contribution in [2.24, 2.45) is 11.8 Å². The Balaban J connectivity index is 2.14. The molecule has 98 valence electrons. The highest BCUT2D eigenvalue weighted by molar-refractivity contribution is 5.80. The van der Waals surface area contributed by atoms with Gasteiger partial charge in [-0.3, -0.25) is 0 Å². The summed E-state index contributed by atoms with van der Waals surface area (Å²) in [5.74, 6) is 0.878. The largest absolute Gasteiger partial charge is 0.478 e. The van der Waals surface area contributed by atoms with Crippen molar-refractivity contribution in [1.82, 2.24) is 5.32 Å². The van der Waals surface area contributed by atoms with Crippen molar-refractivity contribution in [3.8, 4) is 0 Å². The van der Waals surface area contributed by atoms with E-state index in [1.54, 1.807) is 0 Å². The smallest absolute Gasteiger partial charge is 0.328 e. The SMILES string of the molecule is CCC1CCC(CNCC(C)=CC(=O)O)CC1. The van der Waals surface area contributed by atoms with E-state index in [4.69, 9.17) is 5.11 Å². The van der Waals surface area contributed by atoms with Gasteiger partial charge in [-0.15, -0.1) is 0 Å². The number of aliphatic carboxylic acids is 1. The Kier molecular flexibility index (Phi) is 6.27. The molecule has 1 saturated carbocycles. The minimum Gasteiger partial charge on any atom is -0.478 e. The lowest BCUT2D eigenvalue weighted by molar-refractivity contribution is -0.131. The second kappa shape index (κ2) is 7.49. The lowest BCUT2D eigenvalue weighted by atomic mass is 9.81. The summed E-state index contributed by atoms with van der Waals surface area (Å²) in [6.45, 7) is 5.86. The second-order valence-electron chi connectivity index (χ2n) is 5.25. The molecule has 1 rings (SSSR count). The summed E-state index contributed by atoms with van der Waals surface area (Å²) in [5, 5.41) is 11.9. The van der Waals surface area contributed by atoms with Crippen LogP contribution in [0, 0.1) is 11.8 Å². The molecule has 0 aliphatic heterocycles. The van der Waals surface area contributed by atoms with Crippen LogP contribution < -0.4 is 5.32 Å². The standard InChI is InChI=1S/C14H25NO2/c1-3-12-4-6-13(7-5-12)10-15-9-11(2)8-14(16)17/h8,12-13,15H,3-7,9-10H2,1-2H3,(H,16,17). The van der Waals surface area contributed by atoms with E-state index >= 15 is 0 Å². The van der Waals surface area contributed by atoms with Crippen LogP contribution in [0.4, 0.5) is 0 Å². The molecular weight excluding hydrogens is 214 g/mol. The van der Waals surface area contributed by atoms with Gasteiger partial charge in [0.1, 0.15) is 0 Å². The van der Waals surface area contributed by atoms with Gasteiger partial charge in [0.2, 0.25) is 0 Å². The molecule has 0 unspecified atom stereocenters. The number of hydrogen-bond acceptors (Lipinski definition) is 2. The summed E-state index contributed by atoms with van der Waals surface area (Å²) < 4.78 is 0. The lowest BCUT2D eigenvalue weighted by Crippen LogP contribution is -2.27. The van der Waals surface area contributed by atoms with Gasteiger partial charge in [0.15, 0.2) is 0 Å². The van der Waals surface area contributed by atoms with Crippen LogP contribution in [0.25, 0.3) is 0 Å². The molecule has 0 bridgehead atoms. The predicted molar refractivity (Wildman–Crippen MR) is 70.0 cm³/mol. The van der Waals surface area contributed by atoms with Gasteiger partial charge in [-0.2, -0.15) is 0 Å². The van der Waals surface area contributed by atoms with E-state index in [1.807, 2.05) is 6.92 Å². The zero-order chi connectivity index (χ0) is 12.7. The molecule has 0 amide bonds. The Morgan fingerprint density at radius 2 is 1.88 bits per heavy atom. The topological polar surface area (TPSA) is 49.3 Å². The quantitative estimate of drug-likeness (QED) is 0.701. The predicted octanol–water partition coefficient (Wildman–Crippen LogP) is 2.82. The molecule has 1 aliphatic carbocycles. The van der Waals surface area contributed by atoms with Crippen LogP contribution in [-0.2, 0) is 4.79 Å². The van der Waals surface area contributed by atoms with E-state index in [9.17, 15) is 4.79 Å². The molecule has 2 N–H and O–H groups in total. The van der Waals surface area contributed by atoms with Crippen LogP contribution in [0.1, 0.15) is 46.0 Å². The highest BCUT2D eigenvalue weighted by atomic mass is 16.4. The van der Waals surface area contributed by atoms with Crippen molar-refractivity contribution in [2.45, 2.75) is 46.0 Å². The molecule has 1 aliphatic rings. The van der Waals surface area contributed by atoms with Crippen molar-refractivity contribution >= 4 is 5.97 Å². The summed E-state index contributed by atoms with van der Waals surface area (Å²) in [5.41, 5.74) is 0.889. The van der Waals surface area contributed by atoms with E-state index < -0.39 is 5.97 Å². The molecule has 17 heavy (non-hydrogen) atoms. The molecule has 0 aromatic heterocycles. The first-order valence-corrected chi connectivity index (χ1v) is 6.72. The number of carbonyl (C=O) groups is 1. The minimum absolute atomic E-state index is 0.694. The summed E-state index contributed by atoms with van der Waals surface area (Å²) in [4.78, 5) is 10.4. The number of carboxylic acid groups (broad SMARTS) is 1. The molecule has 0 spiro atoms. The number of rotatable bonds is 6. The fraction of sp³-hybridized carbons (Fsp3) is 0.786. The fourth-order valence-electron chi connectivity index (χ4n) is 2.58. The Morgan fingerprint density at radius 1 is 1.29 bits per heavy atom. The van der Waals surface area contributed by atoms with Crippen molar-refractivity contribution in [2.75, 3.05) is 13.1 Å². The highest BCUT2D eigenvalue weighted by Crippen LogP contribution is 2.29. The molecule has 0 aromatic carbocycles. The van der Waals surface area contributed by atoms with Crippen molar-refractivity contribution in [3.63, 3.8) is 0 Å². The first-order valence-electron chi connectivity index (χ1n) is 6.72. The van der Waals surface area contributed by atoms with Crippen LogP contribution in [0.2, 0.25) is 0 Å². The monoisotopic (exact) mass is 239 g/mol. The van der Waals surface area contributed by atoms with Crippen molar-refractivity contribution < 1.29 is 9.90 Å². The van der Waals surface area contributed by atoms with Gasteiger partial charge in [-0.25, -0.2) is 4.79 Å².